The maximum atomic E-state index is 10.5. The molecule has 13 nitrogen and oxygen atoms in total. The molecule has 0 aliphatic heterocycles. The summed E-state index contributed by atoms with van der Waals surface area (Å²) < 4.78 is 50.6. The fraction of sp³-hybridized carbons (Fsp3) is 1.00. The van der Waals surface area contributed by atoms with Crippen molar-refractivity contribution < 1.29 is 81.0 Å². The molecule has 0 spiro atoms. The van der Waals surface area contributed by atoms with Crippen LogP contribution < -0.4 is 0 Å². The molecule has 0 aromatic heterocycles. The summed E-state index contributed by atoms with van der Waals surface area (Å²) in [5, 5.41) is 8.06. The molecule has 0 aliphatic carbocycles. The van der Waals surface area contributed by atoms with Crippen LogP contribution in [0.3, 0.4) is 0 Å². The summed E-state index contributed by atoms with van der Waals surface area (Å²) in [6.07, 6.45) is -0.167. The van der Waals surface area contributed by atoms with Gasteiger partial charge in [-0.1, -0.05) is 0 Å². The van der Waals surface area contributed by atoms with Crippen LogP contribution in [0.25, 0.3) is 0 Å². The predicted octanol–water partition coefficient (Wildman–Crippen LogP) is 8.96. The van der Waals surface area contributed by atoms with Gasteiger partial charge in [0.25, 0.3) is 0 Å². The number of rotatable bonds is 9. The van der Waals surface area contributed by atoms with E-state index in [1.165, 1.54) is 0 Å². The van der Waals surface area contributed by atoms with Gasteiger partial charge in [0.1, 0.15) is 0 Å². The van der Waals surface area contributed by atoms with Crippen LogP contribution in [0.4, 0.5) is 0 Å². The van der Waals surface area contributed by atoms with Gasteiger partial charge in [0, 0.05) is 27.8 Å². The second-order valence-electron chi connectivity index (χ2n) is 22.6. The molecule has 0 aromatic carbocycles. The molecular weight excluding hydrogens is 809 g/mol. The zero-order valence-electron chi connectivity index (χ0n) is 41.5. The molecule has 0 heterocycles. The topological polar surface area (TPSA) is 164 Å². The summed E-state index contributed by atoms with van der Waals surface area (Å²) in [5.41, 5.74) is -4.65. The van der Waals surface area contributed by atoms with Crippen LogP contribution in [0.2, 0.25) is 0 Å². The Labute approximate surface area is 363 Å². The molecule has 0 aliphatic rings. The van der Waals surface area contributed by atoms with Gasteiger partial charge in [0.15, 0.2) is 0 Å². The molecule has 0 saturated heterocycles. The summed E-state index contributed by atoms with van der Waals surface area (Å²) >= 11 is 0. The van der Waals surface area contributed by atoms with E-state index < -0.39 is 77.6 Å². The minimum Gasteiger partial charge on any atom is -0.394 e. The van der Waals surface area contributed by atoms with Gasteiger partial charge in [-0.3, -0.25) is 0 Å². The average molecular weight is 901 g/mol. The van der Waals surface area contributed by atoms with E-state index in [0.29, 0.717) is 0 Å². The maximum absolute atomic E-state index is 10.5. The van der Waals surface area contributed by atoms with Crippen molar-refractivity contribution in [2.45, 2.75) is 257 Å². The molecule has 0 radical (unpaired) electrons. The normalized spacial score (nSPS) is 14.5. The molecular formula is C39H92O13Si3Ti. The molecule has 0 saturated carbocycles. The van der Waals surface area contributed by atoms with E-state index in [0.717, 1.165) is 0 Å². The van der Waals surface area contributed by atoms with Gasteiger partial charge in [0.05, 0.1) is 50.4 Å². The van der Waals surface area contributed by atoms with Gasteiger partial charge in [0.2, 0.25) is 0 Å². The Morgan fingerprint density at radius 2 is 0.321 bits per heavy atom. The third-order valence-corrected chi connectivity index (χ3v) is 11.7. The van der Waals surface area contributed by atoms with Crippen LogP contribution >= 0.6 is 0 Å². The molecule has 0 fully saturated rings. The Hall–Kier alpha value is 0.845. The van der Waals surface area contributed by atoms with Gasteiger partial charge in [-0.2, -0.15) is 0 Å². The van der Waals surface area contributed by atoms with E-state index in [1.54, 1.807) is 13.8 Å². The van der Waals surface area contributed by atoms with E-state index in [-0.39, 0.29) is 27.8 Å². The third-order valence-electron chi connectivity index (χ3n) is 3.92. The van der Waals surface area contributed by atoms with Crippen LogP contribution in [-0.4, -0.2) is 103 Å². The first-order valence-corrected chi connectivity index (χ1v) is 24.3. The summed E-state index contributed by atoms with van der Waals surface area (Å²) in [6.45, 7) is 53.8. The molecule has 0 unspecified atom stereocenters. The van der Waals surface area contributed by atoms with Gasteiger partial charge < -0.3 is 59.3 Å². The van der Waals surface area contributed by atoms with E-state index in [2.05, 4.69) is 0 Å². The van der Waals surface area contributed by atoms with Crippen LogP contribution in [-0.2, 0) is 61.6 Å². The van der Waals surface area contributed by atoms with Crippen molar-refractivity contribution in [3.63, 3.8) is 0 Å². The van der Waals surface area contributed by atoms with Crippen molar-refractivity contribution in [2.24, 2.45) is 0 Å². The first-order chi connectivity index (χ1) is 23.1. The molecule has 17 heteroatoms. The molecule has 4 N–H and O–H groups in total. The Morgan fingerprint density at radius 1 is 0.268 bits per heavy atom. The Kier molecular flexibility index (Phi) is 27.5. The number of aliphatic hydroxyl groups excluding tert-OH is 1. The number of aliphatic hydroxyl groups is 1. The van der Waals surface area contributed by atoms with Crippen molar-refractivity contribution in [2.75, 3.05) is 0 Å². The van der Waals surface area contributed by atoms with E-state index in [1.807, 2.05) is 187 Å². The maximum Gasteiger partial charge on any atom is 0.678 e. The van der Waals surface area contributed by atoms with Crippen molar-refractivity contribution in [1.82, 2.24) is 0 Å². The van der Waals surface area contributed by atoms with Crippen molar-refractivity contribution >= 4 is 27.1 Å². The predicted molar refractivity (Wildman–Crippen MR) is 229 cm³/mol. The smallest absolute Gasteiger partial charge is 0.394 e. The molecule has 56 heavy (non-hydrogen) atoms. The average Bonchev–Trinajstić information content (AvgIpc) is 2.58. The van der Waals surface area contributed by atoms with E-state index >= 15 is 0 Å². The summed E-state index contributed by atoms with van der Waals surface area (Å²) in [6, 6.07) is 0. The fourth-order valence-electron chi connectivity index (χ4n) is 3.67. The number of hydrogen-bond donors (Lipinski definition) is 4. The second kappa shape index (κ2) is 23.3. The van der Waals surface area contributed by atoms with Crippen molar-refractivity contribution in [1.29, 1.82) is 0 Å². The Bertz CT molecular complexity index is 793. The minimum atomic E-state index is -3.66. The van der Waals surface area contributed by atoms with Gasteiger partial charge in [-0.05, 0) is 201 Å². The molecule has 0 bridgehead atoms. The molecule has 0 rings (SSSR count). The monoisotopic (exact) mass is 901 g/mol. The largest absolute Gasteiger partial charge is 0.678 e. The van der Waals surface area contributed by atoms with Gasteiger partial charge in [-0.25, -0.2) is 0 Å². The first kappa shape index (κ1) is 66.0. The van der Waals surface area contributed by atoms with Gasteiger partial charge >= 0.3 is 27.1 Å². The Morgan fingerprint density at radius 3 is 0.357 bits per heavy atom. The first-order valence-electron chi connectivity index (χ1n) is 19.3. The zero-order valence-corrected chi connectivity index (χ0v) is 46.1. The number of hydrogen-bond acceptors (Lipinski definition) is 13. The van der Waals surface area contributed by atoms with E-state index in [9.17, 15) is 14.4 Å². The third kappa shape index (κ3) is 52.9. The van der Waals surface area contributed by atoms with Gasteiger partial charge in [-0.15, -0.1) is 0 Å². The van der Waals surface area contributed by atoms with Crippen molar-refractivity contribution in [3.8, 4) is 0 Å². The molecule has 342 valence electrons. The quantitative estimate of drug-likeness (QED) is 0.162. The molecule has 0 atom stereocenters. The minimum absolute atomic E-state index is 0. The Balaban J connectivity index is -0.000000219. The van der Waals surface area contributed by atoms with E-state index in [4.69, 9.17) is 44.9 Å². The van der Waals surface area contributed by atoms with Crippen LogP contribution in [0.5, 0.6) is 0 Å². The molecule has 0 aromatic rings. The summed E-state index contributed by atoms with van der Waals surface area (Å²) in [4.78, 5) is 31.5. The SMILES string of the molecule is CC(C)(C)O[Si](O)(OC(C)(C)C)OC(C)(C)C.CC(C)(C)O[Si](O)(OC(C)(C)C)OC(C)(C)C.CC(C)(C)O[Si](O)(OC(C)(C)C)OC(C)(C)C.CC(C)O.[Ti]. The zero-order chi connectivity index (χ0) is 45.9. The second-order valence-corrected chi connectivity index (χ2v) is 27.6. The van der Waals surface area contributed by atoms with Crippen LogP contribution in [0.15, 0.2) is 0 Å². The van der Waals surface area contributed by atoms with Crippen LogP contribution in [0.1, 0.15) is 201 Å². The summed E-state index contributed by atoms with van der Waals surface area (Å²) in [5.74, 6) is 0. The van der Waals surface area contributed by atoms with Crippen LogP contribution in [0, 0.1) is 0 Å². The standard InChI is InChI=1S/3C12H28O4Si.C3H8O.Ti/c3*1-10(2,3)14-17(13,15-11(4,5)6)16-12(7,8)9;1-3(2)4;/h3*13H,1-9H3;3-4H,1-2H3;. The fourth-order valence-corrected chi connectivity index (χ4v) is 11.0. The summed E-state index contributed by atoms with van der Waals surface area (Å²) in [7, 11) is -11.0. The van der Waals surface area contributed by atoms with Crippen molar-refractivity contribution in [3.05, 3.63) is 0 Å². The molecule has 0 amide bonds.